The molecule has 1 aliphatic heterocycles. The van der Waals surface area contributed by atoms with Crippen LogP contribution in [0, 0.1) is 0 Å². The summed E-state index contributed by atoms with van der Waals surface area (Å²) >= 11 is 0. The molecule has 0 amide bonds. The molecule has 2 N–H and O–H groups in total. The maximum atomic E-state index is 6.19. The molecule has 2 aromatic carbocycles. The third-order valence-corrected chi connectivity index (χ3v) is 6.85. The molecule has 7 heteroatoms. The second kappa shape index (κ2) is 9.85. The summed E-state index contributed by atoms with van der Waals surface area (Å²) in [5.41, 5.74) is 6.53. The van der Waals surface area contributed by atoms with E-state index in [0.717, 1.165) is 66.6 Å². The van der Waals surface area contributed by atoms with Crippen LogP contribution in [0.4, 0.5) is 17.5 Å². The molecule has 1 atom stereocenters. The first-order valence-corrected chi connectivity index (χ1v) is 12.7. The van der Waals surface area contributed by atoms with E-state index < -0.39 is 0 Å². The minimum atomic E-state index is 0.277. The lowest BCUT2D eigenvalue weighted by Gasteiger charge is -2.17. The minimum absolute atomic E-state index is 0.277. The number of hydrogen-bond acceptors (Lipinski definition) is 6. The molecule has 0 saturated carbocycles. The van der Waals surface area contributed by atoms with Crippen LogP contribution in [0.5, 0.6) is 5.75 Å². The van der Waals surface area contributed by atoms with Gasteiger partial charge in [0.2, 0.25) is 5.95 Å². The summed E-state index contributed by atoms with van der Waals surface area (Å²) in [6.07, 6.45) is 11.9. The van der Waals surface area contributed by atoms with Crippen molar-refractivity contribution in [3.8, 4) is 11.4 Å². The molecule has 0 saturated heterocycles. The normalized spacial score (nSPS) is 16.9. The minimum Gasteiger partial charge on any atom is -0.487 e. The highest BCUT2D eigenvalue weighted by Crippen LogP contribution is 2.40. The van der Waals surface area contributed by atoms with Crippen LogP contribution in [-0.4, -0.2) is 32.7 Å². The molecule has 6 rings (SSSR count). The topological polar surface area (TPSA) is 76.9 Å². The molecule has 1 aliphatic carbocycles. The fourth-order valence-electron chi connectivity index (χ4n) is 5.00. The van der Waals surface area contributed by atoms with Gasteiger partial charge < -0.3 is 19.9 Å². The Morgan fingerprint density at radius 1 is 1.08 bits per heavy atom. The van der Waals surface area contributed by atoms with Crippen LogP contribution in [0.2, 0.25) is 0 Å². The fraction of sp³-hybridized carbons (Fsp3) is 0.276. The predicted octanol–water partition coefficient (Wildman–Crippen LogP) is 5.80. The molecule has 2 aromatic heterocycles. The van der Waals surface area contributed by atoms with Crippen LogP contribution in [0.15, 0.2) is 73.2 Å². The highest BCUT2D eigenvalue weighted by atomic mass is 16.5. The van der Waals surface area contributed by atoms with E-state index in [1.165, 1.54) is 11.1 Å². The van der Waals surface area contributed by atoms with E-state index in [4.69, 9.17) is 14.7 Å². The maximum absolute atomic E-state index is 6.19. The first kappa shape index (κ1) is 22.3. The van der Waals surface area contributed by atoms with Gasteiger partial charge in [0.25, 0.3) is 0 Å². The zero-order chi connectivity index (χ0) is 24.3. The molecule has 4 bridgehead atoms. The second-order valence-corrected chi connectivity index (χ2v) is 9.19. The van der Waals surface area contributed by atoms with Gasteiger partial charge in [0, 0.05) is 36.0 Å². The number of benzene rings is 2. The highest BCUT2D eigenvalue weighted by Gasteiger charge is 2.29. The van der Waals surface area contributed by atoms with Gasteiger partial charge in [-0.25, -0.2) is 9.97 Å². The molecule has 1 unspecified atom stereocenters. The SMILES string of the molecule is CCc1cn(-c2ccc3cc2OCC=CCCNc2nc(nc4c2CCC4c2ccccc2)N3)cn1. The number of aryl methyl sites for hydroxylation is 1. The summed E-state index contributed by atoms with van der Waals surface area (Å²) in [4.78, 5) is 14.4. The molecule has 7 nitrogen and oxygen atoms in total. The van der Waals surface area contributed by atoms with Gasteiger partial charge in [0.1, 0.15) is 18.2 Å². The Hall–Kier alpha value is -4.13. The highest BCUT2D eigenvalue weighted by molar-refractivity contribution is 5.64. The van der Waals surface area contributed by atoms with Crippen LogP contribution < -0.4 is 15.4 Å². The Labute approximate surface area is 211 Å². The van der Waals surface area contributed by atoms with Crippen molar-refractivity contribution in [3.63, 3.8) is 0 Å². The van der Waals surface area contributed by atoms with E-state index in [2.05, 4.69) is 71.2 Å². The number of nitrogens with zero attached hydrogens (tertiary/aromatic N) is 4. The van der Waals surface area contributed by atoms with Gasteiger partial charge in [-0.1, -0.05) is 49.4 Å². The standard InChI is InChI=1S/C29H30N6O/c1-2-21-18-35(19-31-21)25-14-11-22-17-26(25)36-16-8-4-7-15-30-28-24-13-12-23(20-9-5-3-6-10-20)27(24)33-29(32-22)34-28/h3-6,8-11,14,17-19,23H,2,7,12-13,15-16H2,1H3,(H2,30,32,33,34). The molecule has 36 heavy (non-hydrogen) atoms. The van der Waals surface area contributed by atoms with Gasteiger partial charge in [0.05, 0.1) is 23.4 Å². The fourth-order valence-corrected chi connectivity index (χ4v) is 5.00. The summed E-state index contributed by atoms with van der Waals surface area (Å²) in [6, 6.07) is 16.8. The molecule has 0 fully saturated rings. The van der Waals surface area contributed by atoms with Crippen LogP contribution in [0.1, 0.15) is 48.2 Å². The van der Waals surface area contributed by atoms with Crippen molar-refractivity contribution in [3.05, 3.63) is 95.7 Å². The van der Waals surface area contributed by atoms with Crippen LogP contribution >= 0.6 is 0 Å². The summed E-state index contributed by atoms with van der Waals surface area (Å²) in [6.45, 7) is 3.41. The lowest BCUT2D eigenvalue weighted by molar-refractivity contribution is 0.361. The van der Waals surface area contributed by atoms with E-state index in [1.807, 2.05) is 29.1 Å². The van der Waals surface area contributed by atoms with Gasteiger partial charge in [-0.3, -0.25) is 0 Å². The smallest absolute Gasteiger partial charge is 0.229 e. The van der Waals surface area contributed by atoms with Crippen molar-refractivity contribution in [2.45, 2.75) is 38.5 Å². The van der Waals surface area contributed by atoms with Crippen LogP contribution in [-0.2, 0) is 12.8 Å². The molecular formula is C29H30N6O. The number of imidazole rings is 1. The monoisotopic (exact) mass is 478 g/mol. The number of fused-ring (bicyclic) bond motifs is 6. The zero-order valence-electron chi connectivity index (χ0n) is 20.4. The number of ether oxygens (including phenoxy) is 1. The van der Waals surface area contributed by atoms with E-state index in [1.54, 1.807) is 0 Å². The van der Waals surface area contributed by atoms with Gasteiger partial charge in [-0.2, -0.15) is 4.98 Å². The van der Waals surface area contributed by atoms with Crippen LogP contribution in [0.3, 0.4) is 0 Å². The van der Waals surface area contributed by atoms with E-state index in [0.29, 0.717) is 12.6 Å². The Morgan fingerprint density at radius 2 is 2.00 bits per heavy atom. The molecule has 3 heterocycles. The zero-order valence-corrected chi connectivity index (χ0v) is 20.4. The molecule has 182 valence electrons. The summed E-state index contributed by atoms with van der Waals surface area (Å²) < 4.78 is 8.20. The Kier molecular flexibility index (Phi) is 6.11. The summed E-state index contributed by atoms with van der Waals surface area (Å²) in [5, 5.41) is 7.01. The third-order valence-electron chi connectivity index (χ3n) is 6.85. The number of hydrogen-bond donors (Lipinski definition) is 2. The average Bonchev–Trinajstić information content (AvgIpc) is 3.56. The van der Waals surface area contributed by atoms with Gasteiger partial charge in [0.15, 0.2) is 0 Å². The van der Waals surface area contributed by atoms with Crippen molar-refractivity contribution in [1.82, 2.24) is 19.5 Å². The molecule has 4 aromatic rings. The van der Waals surface area contributed by atoms with Crippen LogP contribution in [0.25, 0.3) is 5.69 Å². The summed E-state index contributed by atoms with van der Waals surface area (Å²) in [5.74, 6) is 2.59. The van der Waals surface area contributed by atoms with E-state index in [-0.39, 0.29) is 5.92 Å². The third kappa shape index (κ3) is 4.44. The predicted molar refractivity (Wildman–Crippen MR) is 143 cm³/mol. The van der Waals surface area contributed by atoms with E-state index >= 15 is 0 Å². The molecule has 2 aliphatic rings. The van der Waals surface area contributed by atoms with Crippen molar-refractivity contribution in [2.24, 2.45) is 0 Å². The first-order chi connectivity index (χ1) is 17.8. The number of nitrogens with one attached hydrogen (secondary N) is 2. The molecule has 0 spiro atoms. The quantitative estimate of drug-likeness (QED) is 0.363. The van der Waals surface area contributed by atoms with Gasteiger partial charge in [-0.05, 0) is 43.4 Å². The number of rotatable bonds is 3. The van der Waals surface area contributed by atoms with Gasteiger partial charge >= 0.3 is 0 Å². The van der Waals surface area contributed by atoms with E-state index in [9.17, 15) is 0 Å². The van der Waals surface area contributed by atoms with Crippen molar-refractivity contribution in [2.75, 3.05) is 23.8 Å². The Bertz CT molecular complexity index is 1390. The summed E-state index contributed by atoms with van der Waals surface area (Å²) in [7, 11) is 0. The average molecular weight is 479 g/mol. The largest absolute Gasteiger partial charge is 0.487 e. The molecular weight excluding hydrogens is 448 g/mol. The second-order valence-electron chi connectivity index (χ2n) is 9.19. The maximum Gasteiger partial charge on any atom is 0.229 e. The van der Waals surface area contributed by atoms with Crippen molar-refractivity contribution in [1.29, 1.82) is 0 Å². The lowest BCUT2D eigenvalue weighted by Crippen LogP contribution is -2.11. The Balaban J connectivity index is 1.40. The number of anilines is 3. The Morgan fingerprint density at radius 3 is 2.86 bits per heavy atom. The van der Waals surface area contributed by atoms with Crippen molar-refractivity contribution < 1.29 is 4.74 Å². The van der Waals surface area contributed by atoms with Crippen molar-refractivity contribution >= 4 is 17.5 Å². The molecule has 0 radical (unpaired) electrons. The number of aromatic nitrogens is 4. The lowest BCUT2D eigenvalue weighted by atomic mass is 9.97. The first-order valence-electron chi connectivity index (χ1n) is 12.7. The van der Waals surface area contributed by atoms with Gasteiger partial charge in [-0.15, -0.1) is 0 Å².